The molecule has 0 spiro atoms. The van der Waals surface area contributed by atoms with Crippen molar-refractivity contribution in [1.82, 2.24) is 5.32 Å². The lowest BCUT2D eigenvalue weighted by Gasteiger charge is -2.46. The molecule has 14 nitrogen and oxygen atoms in total. The van der Waals surface area contributed by atoms with E-state index in [0.29, 0.717) is 12.8 Å². The number of amides is 1. The minimum absolute atomic E-state index is 0.250. The van der Waals surface area contributed by atoms with E-state index in [4.69, 9.17) is 18.9 Å². The second kappa shape index (κ2) is 64.3. The van der Waals surface area contributed by atoms with Crippen LogP contribution >= 0.6 is 0 Å². The van der Waals surface area contributed by atoms with Crippen molar-refractivity contribution in [1.29, 1.82) is 0 Å². The van der Waals surface area contributed by atoms with Crippen molar-refractivity contribution in [2.24, 2.45) is 0 Å². The Morgan fingerprint density at radius 2 is 0.737 bits per heavy atom. The maximum absolute atomic E-state index is 13.4. The van der Waals surface area contributed by atoms with E-state index in [-0.39, 0.29) is 18.9 Å². The number of unbranched alkanes of at least 4 members (excludes halogenated alkanes) is 37. The van der Waals surface area contributed by atoms with E-state index in [9.17, 15) is 45.6 Å². The van der Waals surface area contributed by atoms with E-state index in [1.807, 2.05) is 6.08 Å². The third kappa shape index (κ3) is 47.6. The summed E-state index contributed by atoms with van der Waals surface area (Å²) in [6, 6.07) is -0.943. The summed E-state index contributed by atoms with van der Waals surface area (Å²) in [6.07, 6.45) is 74.9. The molecule has 0 bridgehead atoms. The Morgan fingerprint density at radius 1 is 0.389 bits per heavy atom. The standard InChI is InChI=1S/C81H143NO13/c1-3-5-7-9-11-13-15-17-19-21-23-25-27-29-30-31-32-33-34-35-36-37-38-39-40-41-43-45-47-49-51-53-55-57-59-61-63-65-73(86)82-69(68-92-80-78(91)76(89)79(72(67-84)94-80)95-81-77(90)75(88)74(87)71(66-83)93-81)70(85)64-62-60-58-56-54-52-50-48-46-44-42-28-26-24-22-20-18-16-14-12-10-8-6-4-2/h5,7,11,13,17,19,23,25,29-30,46,48,54,56,62,64,69-72,74-81,83-85,87-91H,3-4,6,8-10,12,14-16,18,20-22,24,26-28,31-45,47,49-53,55,57-61,63,65-68H2,1-2H3,(H,82,86)/b7-5-,13-11-,19-17-,25-23-,30-29-,48-46+,56-54+,64-62+. The van der Waals surface area contributed by atoms with Crippen LogP contribution < -0.4 is 5.32 Å². The molecule has 2 aliphatic rings. The van der Waals surface area contributed by atoms with Crippen LogP contribution in [0.4, 0.5) is 0 Å². The molecule has 9 N–H and O–H groups in total. The molecule has 12 unspecified atom stereocenters. The number of nitrogens with one attached hydrogen (secondary N) is 1. The number of rotatable bonds is 64. The molecule has 0 aromatic carbocycles. The van der Waals surface area contributed by atoms with Crippen molar-refractivity contribution >= 4 is 5.91 Å². The molecule has 2 aliphatic heterocycles. The second-order valence-corrected chi connectivity index (χ2v) is 27.1. The van der Waals surface area contributed by atoms with Gasteiger partial charge in [0.25, 0.3) is 0 Å². The van der Waals surface area contributed by atoms with Crippen LogP contribution in [0.3, 0.4) is 0 Å². The average Bonchev–Trinajstić information content (AvgIpc) is 0.927. The summed E-state index contributed by atoms with van der Waals surface area (Å²) in [5.74, 6) is -0.250. The van der Waals surface area contributed by atoms with Gasteiger partial charge in [-0.2, -0.15) is 0 Å². The van der Waals surface area contributed by atoms with Gasteiger partial charge in [-0.05, 0) is 89.9 Å². The predicted molar refractivity (Wildman–Crippen MR) is 392 cm³/mol. The number of allylic oxidation sites excluding steroid dienone is 15. The lowest BCUT2D eigenvalue weighted by Crippen LogP contribution is -2.65. The fraction of sp³-hybridized carbons (Fsp3) is 0.790. The molecule has 1 amide bonds. The van der Waals surface area contributed by atoms with Crippen LogP contribution in [0.1, 0.15) is 316 Å². The largest absolute Gasteiger partial charge is 0.394 e. The molecule has 2 heterocycles. The lowest BCUT2D eigenvalue weighted by atomic mass is 9.97. The number of aliphatic hydroxyl groups is 8. The fourth-order valence-corrected chi connectivity index (χ4v) is 12.4. The zero-order valence-corrected chi connectivity index (χ0v) is 60.1. The minimum atomic E-state index is -1.80. The number of aliphatic hydroxyl groups excluding tert-OH is 8. The maximum Gasteiger partial charge on any atom is 0.220 e. The maximum atomic E-state index is 13.4. The smallest absolute Gasteiger partial charge is 0.220 e. The molecule has 550 valence electrons. The SMILES string of the molecule is CC/C=C\C/C=C\C/C=C\C/C=C\C/C=C\CCCCCCCCCCCCCCCCCCCCCCCC(=O)NC(COC1OC(CO)C(OC2OC(CO)C(O)C(O)C2O)C(O)C1O)C(O)/C=C/CC/C=C/CC/C=C/CCCCCCCCCCCCCCCC. The highest BCUT2D eigenvalue weighted by atomic mass is 16.7. The Labute approximate surface area is 579 Å². The van der Waals surface area contributed by atoms with Gasteiger partial charge in [-0.3, -0.25) is 4.79 Å². The molecule has 0 saturated carbocycles. The highest BCUT2D eigenvalue weighted by molar-refractivity contribution is 5.76. The molecule has 14 heteroatoms. The van der Waals surface area contributed by atoms with Crippen molar-refractivity contribution < 1.29 is 64.6 Å². The zero-order valence-electron chi connectivity index (χ0n) is 60.1. The summed E-state index contributed by atoms with van der Waals surface area (Å²) in [7, 11) is 0. The number of ether oxygens (including phenoxy) is 4. The van der Waals surface area contributed by atoms with E-state index in [1.165, 1.54) is 205 Å². The third-order valence-corrected chi connectivity index (χ3v) is 18.5. The highest BCUT2D eigenvalue weighted by Gasteiger charge is 2.51. The van der Waals surface area contributed by atoms with Gasteiger partial charge >= 0.3 is 0 Å². The van der Waals surface area contributed by atoms with Gasteiger partial charge in [0.1, 0.15) is 48.8 Å². The molecule has 0 aliphatic carbocycles. The van der Waals surface area contributed by atoms with Crippen LogP contribution in [0.2, 0.25) is 0 Å². The molecule has 0 radical (unpaired) electrons. The van der Waals surface area contributed by atoms with Crippen LogP contribution in [0.25, 0.3) is 0 Å². The molecule has 2 saturated heterocycles. The van der Waals surface area contributed by atoms with Gasteiger partial charge in [0.2, 0.25) is 5.91 Å². The quantitative estimate of drug-likeness (QED) is 0.0204. The first-order valence-electron chi connectivity index (χ1n) is 39.0. The van der Waals surface area contributed by atoms with Gasteiger partial charge in [-0.25, -0.2) is 0 Å². The van der Waals surface area contributed by atoms with Gasteiger partial charge in [-0.1, -0.05) is 317 Å². The van der Waals surface area contributed by atoms with Crippen molar-refractivity contribution in [3.05, 3.63) is 97.2 Å². The van der Waals surface area contributed by atoms with E-state index in [1.54, 1.807) is 6.08 Å². The first kappa shape index (κ1) is 88.0. The molecular formula is C81H143NO13. The van der Waals surface area contributed by atoms with Crippen LogP contribution in [-0.4, -0.2) is 140 Å². The Morgan fingerprint density at radius 3 is 1.16 bits per heavy atom. The summed E-state index contributed by atoms with van der Waals surface area (Å²) in [5, 5.41) is 87.6. The third-order valence-electron chi connectivity index (χ3n) is 18.5. The van der Waals surface area contributed by atoms with Crippen LogP contribution in [0.15, 0.2) is 97.2 Å². The molecule has 2 rings (SSSR count). The first-order chi connectivity index (χ1) is 46.6. The van der Waals surface area contributed by atoms with E-state index < -0.39 is 86.8 Å². The average molecular weight is 1340 g/mol. The van der Waals surface area contributed by atoms with Crippen molar-refractivity contribution in [3.8, 4) is 0 Å². The van der Waals surface area contributed by atoms with Crippen molar-refractivity contribution in [3.63, 3.8) is 0 Å². The summed E-state index contributed by atoms with van der Waals surface area (Å²) in [6.45, 7) is 2.70. The molecule has 95 heavy (non-hydrogen) atoms. The van der Waals surface area contributed by atoms with E-state index in [0.717, 1.165) is 77.0 Å². The Hall–Kier alpha value is -3.09. The molecule has 0 aromatic rings. The number of hydrogen-bond donors (Lipinski definition) is 9. The van der Waals surface area contributed by atoms with Gasteiger partial charge in [0.05, 0.1) is 32.0 Å². The van der Waals surface area contributed by atoms with E-state index in [2.05, 4.69) is 104 Å². The normalized spacial score (nSPS) is 22.9. The molecule has 0 aromatic heterocycles. The minimum Gasteiger partial charge on any atom is -0.394 e. The predicted octanol–water partition coefficient (Wildman–Crippen LogP) is 17.3. The topological polar surface area (TPSA) is 228 Å². The lowest BCUT2D eigenvalue weighted by molar-refractivity contribution is -0.359. The van der Waals surface area contributed by atoms with Crippen LogP contribution in [-0.2, 0) is 23.7 Å². The molecule has 2 fully saturated rings. The zero-order chi connectivity index (χ0) is 68.7. The monoisotopic (exact) mass is 1340 g/mol. The molecular weight excluding hydrogens is 1190 g/mol. The number of hydrogen-bond acceptors (Lipinski definition) is 13. The summed E-state index contributed by atoms with van der Waals surface area (Å²) in [5.41, 5.74) is 0. The number of carbonyl (C=O) groups excluding carboxylic acids is 1. The summed E-state index contributed by atoms with van der Waals surface area (Å²) >= 11 is 0. The Bertz CT molecular complexity index is 1970. The Kier molecular flexibility index (Phi) is 59.6. The fourth-order valence-electron chi connectivity index (χ4n) is 12.4. The van der Waals surface area contributed by atoms with E-state index >= 15 is 0 Å². The highest BCUT2D eigenvalue weighted by Crippen LogP contribution is 2.30. The van der Waals surface area contributed by atoms with Gasteiger partial charge in [0.15, 0.2) is 12.6 Å². The van der Waals surface area contributed by atoms with Crippen molar-refractivity contribution in [2.45, 2.75) is 389 Å². The number of carbonyl (C=O) groups is 1. The summed E-state index contributed by atoms with van der Waals surface area (Å²) < 4.78 is 22.9. The summed E-state index contributed by atoms with van der Waals surface area (Å²) in [4.78, 5) is 13.4. The van der Waals surface area contributed by atoms with Crippen molar-refractivity contribution in [2.75, 3.05) is 19.8 Å². The van der Waals surface area contributed by atoms with Gasteiger partial charge in [-0.15, -0.1) is 0 Å². The first-order valence-corrected chi connectivity index (χ1v) is 39.0. The molecule has 12 atom stereocenters. The van der Waals surface area contributed by atoms with Gasteiger partial charge in [0, 0.05) is 6.42 Å². The van der Waals surface area contributed by atoms with Crippen LogP contribution in [0, 0.1) is 0 Å². The van der Waals surface area contributed by atoms with Crippen LogP contribution in [0.5, 0.6) is 0 Å². The van der Waals surface area contributed by atoms with Gasteiger partial charge < -0.3 is 65.1 Å². The second-order valence-electron chi connectivity index (χ2n) is 27.1. The Balaban J connectivity index is 1.62.